The van der Waals surface area contributed by atoms with Crippen LogP contribution in [0.25, 0.3) is 0 Å². The molecule has 0 saturated heterocycles. The van der Waals surface area contributed by atoms with Crippen LogP contribution in [0.2, 0.25) is 0 Å². The predicted molar refractivity (Wildman–Crippen MR) is 107 cm³/mol. The Labute approximate surface area is 174 Å². The Kier molecular flexibility index (Phi) is 22.4. The minimum Gasteiger partial charge on any atom is -0.460 e. The van der Waals surface area contributed by atoms with Gasteiger partial charge in [0.2, 0.25) is 0 Å². The topological polar surface area (TPSA) is 90.9 Å². The van der Waals surface area contributed by atoms with Crippen molar-refractivity contribution in [1.82, 2.24) is 0 Å². The lowest BCUT2D eigenvalue weighted by Crippen LogP contribution is -2.15. The third-order valence-corrected chi connectivity index (χ3v) is 3.25. The lowest BCUT2D eigenvalue weighted by atomic mass is 10.4. The van der Waals surface area contributed by atoms with Crippen molar-refractivity contribution in [3.05, 3.63) is 12.2 Å². The Morgan fingerprint density at radius 2 is 0.828 bits per heavy atom. The molecular formula is C20H38O9. The SMILES string of the molecule is C=C(C)C(=O)OCCOCCOCCOCCOCCOCCOCCOCC. The van der Waals surface area contributed by atoms with Gasteiger partial charge in [0.25, 0.3) is 0 Å². The number of hydrogen-bond donors (Lipinski definition) is 0. The van der Waals surface area contributed by atoms with Gasteiger partial charge in [-0.25, -0.2) is 4.79 Å². The van der Waals surface area contributed by atoms with Crippen molar-refractivity contribution in [3.63, 3.8) is 0 Å². The van der Waals surface area contributed by atoms with E-state index in [4.69, 9.17) is 37.9 Å². The highest BCUT2D eigenvalue weighted by Gasteiger charge is 2.01. The predicted octanol–water partition coefficient (Wildman–Crippen LogP) is 1.24. The highest BCUT2D eigenvalue weighted by molar-refractivity contribution is 5.86. The average molecular weight is 423 g/mol. The lowest BCUT2D eigenvalue weighted by Gasteiger charge is -2.08. The normalized spacial score (nSPS) is 11.0. The first-order valence-electron chi connectivity index (χ1n) is 10.0. The molecular weight excluding hydrogens is 384 g/mol. The first-order valence-corrected chi connectivity index (χ1v) is 10.0. The molecule has 0 atom stereocenters. The van der Waals surface area contributed by atoms with E-state index in [1.165, 1.54) is 0 Å². The monoisotopic (exact) mass is 422 g/mol. The first kappa shape index (κ1) is 27.9. The van der Waals surface area contributed by atoms with E-state index in [2.05, 4.69) is 6.58 Å². The average Bonchev–Trinajstić information content (AvgIpc) is 2.71. The third-order valence-electron chi connectivity index (χ3n) is 3.25. The van der Waals surface area contributed by atoms with Crippen LogP contribution < -0.4 is 0 Å². The summed E-state index contributed by atoms with van der Waals surface area (Å²) in [4.78, 5) is 11.1. The summed E-state index contributed by atoms with van der Waals surface area (Å²) >= 11 is 0. The molecule has 0 heterocycles. The molecule has 0 fully saturated rings. The lowest BCUT2D eigenvalue weighted by molar-refractivity contribution is -0.140. The second-order valence-electron chi connectivity index (χ2n) is 5.79. The van der Waals surface area contributed by atoms with Crippen LogP contribution in [0.15, 0.2) is 12.2 Å². The third kappa shape index (κ3) is 23.1. The maximum absolute atomic E-state index is 11.1. The molecule has 0 aliphatic rings. The van der Waals surface area contributed by atoms with Gasteiger partial charge in [-0.3, -0.25) is 0 Å². The molecule has 0 aromatic rings. The van der Waals surface area contributed by atoms with Crippen molar-refractivity contribution in [2.75, 3.05) is 99.1 Å². The number of ether oxygens (including phenoxy) is 8. The molecule has 0 aliphatic carbocycles. The summed E-state index contributed by atoms with van der Waals surface area (Å²) in [5.74, 6) is -0.405. The molecule has 0 aromatic heterocycles. The summed E-state index contributed by atoms with van der Waals surface area (Å²) in [6.45, 7) is 14.6. The molecule has 0 aliphatic heterocycles. The Bertz CT molecular complexity index is 377. The molecule has 0 N–H and O–H groups in total. The van der Waals surface area contributed by atoms with Crippen LogP contribution in [0.5, 0.6) is 0 Å². The number of carbonyl (C=O) groups excluding carboxylic acids is 1. The van der Waals surface area contributed by atoms with E-state index in [9.17, 15) is 4.79 Å². The van der Waals surface area contributed by atoms with Gasteiger partial charge in [-0.05, 0) is 13.8 Å². The number of carbonyl (C=O) groups is 1. The van der Waals surface area contributed by atoms with Gasteiger partial charge >= 0.3 is 5.97 Å². The summed E-state index contributed by atoms with van der Waals surface area (Å²) in [6, 6.07) is 0. The molecule has 29 heavy (non-hydrogen) atoms. The van der Waals surface area contributed by atoms with Crippen LogP contribution in [0.4, 0.5) is 0 Å². The number of esters is 1. The molecule has 0 saturated carbocycles. The zero-order chi connectivity index (χ0) is 21.4. The minimum atomic E-state index is -0.405. The quantitative estimate of drug-likeness (QED) is 0.137. The number of hydrogen-bond acceptors (Lipinski definition) is 9. The molecule has 0 bridgehead atoms. The minimum absolute atomic E-state index is 0.210. The summed E-state index contributed by atoms with van der Waals surface area (Å²) in [6.07, 6.45) is 0. The zero-order valence-electron chi connectivity index (χ0n) is 18.0. The smallest absolute Gasteiger partial charge is 0.333 e. The highest BCUT2D eigenvalue weighted by Crippen LogP contribution is 1.91. The molecule has 0 rings (SSSR count). The van der Waals surface area contributed by atoms with Crippen molar-refractivity contribution in [2.45, 2.75) is 13.8 Å². The van der Waals surface area contributed by atoms with Crippen LogP contribution in [-0.2, 0) is 42.7 Å². The van der Waals surface area contributed by atoms with E-state index in [1.807, 2.05) is 6.92 Å². The van der Waals surface area contributed by atoms with Crippen LogP contribution in [0.3, 0.4) is 0 Å². The van der Waals surface area contributed by atoms with E-state index in [1.54, 1.807) is 6.92 Å². The Morgan fingerprint density at radius 1 is 0.552 bits per heavy atom. The largest absolute Gasteiger partial charge is 0.460 e. The second kappa shape index (κ2) is 23.2. The van der Waals surface area contributed by atoms with Gasteiger partial charge in [-0.2, -0.15) is 0 Å². The summed E-state index contributed by atoms with van der Waals surface area (Å²) < 4.78 is 42.2. The van der Waals surface area contributed by atoms with Gasteiger partial charge in [-0.15, -0.1) is 0 Å². The second-order valence-corrected chi connectivity index (χ2v) is 5.79. The summed E-state index contributed by atoms with van der Waals surface area (Å²) in [5.41, 5.74) is 0.377. The van der Waals surface area contributed by atoms with Gasteiger partial charge in [0.15, 0.2) is 0 Å². The molecule has 0 aromatic carbocycles. The van der Waals surface area contributed by atoms with E-state index < -0.39 is 5.97 Å². The standard InChI is InChI=1S/C20H38O9/c1-4-22-5-6-23-7-8-24-9-10-25-11-12-26-13-14-27-15-16-28-17-18-29-20(21)19(2)3/h2,4-18H2,1,3H3. The van der Waals surface area contributed by atoms with E-state index in [-0.39, 0.29) is 6.61 Å². The summed E-state index contributed by atoms with van der Waals surface area (Å²) in [5, 5.41) is 0. The van der Waals surface area contributed by atoms with Crippen molar-refractivity contribution >= 4 is 5.97 Å². The van der Waals surface area contributed by atoms with E-state index >= 15 is 0 Å². The molecule has 0 unspecified atom stereocenters. The van der Waals surface area contributed by atoms with Crippen LogP contribution in [0.1, 0.15) is 13.8 Å². The molecule has 0 radical (unpaired) electrons. The first-order chi connectivity index (χ1) is 14.2. The van der Waals surface area contributed by atoms with Crippen molar-refractivity contribution in [1.29, 1.82) is 0 Å². The maximum atomic E-state index is 11.1. The van der Waals surface area contributed by atoms with Crippen LogP contribution >= 0.6 is 0 Å². The highest BCUT2D eigenvalue weighted by atomic mass is 16.6. The fraction of sp³-hybridized carbons (Fsp3) is 0.850. The van der Waals surface area contributed by atoms with Crippen molar-refractivity contribution in [3.8, 4) is 0 Å². The van der Waals surface area contributed by atoms with Crippen molar-refractivity contribution < 1.29 is 42.7 Å². The number of rotatable bonds is 23. The van der Waals surface area contributed by atoms with Gasteiger partial charge in [0, 0.05) is 12.2 Å². The molecule has 9 heteroatoms. The molecule has 0 spiro atoms. The Balaban J connectivity index is 3.05. The molecule has 172 valence electrons. The van der Waals surface area contributed by atoms with Crippen molar-refractivity contribution in [2.24, 2.45) is 0 Å². The van der Waals surface area contributed by atoms with Gasteiger partial charge in [0.05, 0.1) is 85.9 Å². The Morgan fingerprint density at radius 3 is 1.10 bits per heavy atom. The van der Waals surface area contributed by atoms with E-state index in [0.29, 0.717) is 98.1 Å². The summed E-state index contributed by atoms with van der Waals surface area (Å²) in [7, 11) is 0. The van der Waals surface area contributed by atoms with Gasteiger partial charge < -0.3 is 37.9 Å². The Hall–Kier alpha value is -1.07. The molecule has 9 nitrogen and oxygen atoms in total. The fourth-order valence-electron chi connectivity index (χ4n) is 1.78. The van der Waals surface area contributed by atoms with Gasteiger partial charge in [-0.1, -0.05) is 6.58 Å². The fourth-order valence-corrected chi connectivity index (χ4v) is 1.78. The zero-order valence-corrected chi connectivity index (χ0v) is 18.0. The maximum Gasteiger partial charge on any atom is 0.333 e. The van der Waals surface area contributed by atoms with Crippen LogP contribution in [-0.4, -0.2) is 105 Å². The van der Waals surface area contributed by atoms with Crippen LogP contribution in [0, 0.1) is 0 Å². The van der Waals surface area contributed by atoms with Gasteiger partial charge in [0.1, 0.15) is 6.61 Å². The van der Waals surface area contributed by atoms with E-state index in [0.717, 1.165) is 0 Å². The molecule has 0 amide bonds.